The van der Waals surface area contributed by atoms with Crippen molar-refractivity contribution < 1.29 is 15.0 Å². The lowest BCUT2D eigenvalue weighted by atomic mass is 9.44. The van der Waals surface area contributed by atoms with Crippen molar-refractivity contribution in [3.8, 4) is 0 Å². The number of carbonyl (C=O) groups is 1. The van der Waals surface area contributed by atoms with Gasteiger partial charge in [0.1, 0.15) is 0 Å². The molecule has 0 amide bonds. The molecule has 274 valence electrons. The predicted molar refractivity (Wildman–Crippen MR) is 204 cm³/mol. The van der Waals surface area contributed by atoms with Gasteiger partial charge in [-0.15, -0.1) is 0 Å². The molecule has 2 aromatic rings. The molecule has 4 aliphatic rings. The fourth-order valence-corrected chi connectivity index (χ4v) is 11.7. The van der Waals surface area contributed by atoms with Crippen molar-refractivity contribution in [2.24, 2.45) is 46.3 Å². The van der Waals surface area contributed by atoms with E-state index in [-0.39, 0.29) is 6.10 Å². The number of aliphatic hydroxyl groups excluding tert-OH is 1. The van der Waals surface area contributed by atoms with Gasteiger partial charge in [-0.25, -0.2) is 0 Å². The maximum Gasteiger partial charge on any atom is 0.303 e. The first-order valence-electron chi connectivity index (χ1n) is 19.8. The molecule has 7 heteroatoms. The number of benzene rings is 1. The maximum atomic E-state index is 11.0. The topological polar surface area (TPSA) is 85.7 Å². The molecule has 6 rings (SSSR count). The lowest BCUT2D eigenvalue weighted by Crippen LogP contribution is -2.54. The summed E-state index contributed by atoms with van der Waals surface area (Å²) in [5, 5.41) is 24.8. The van der Waals surface area contributed by atoms with Crippen LogP contribution < -0.4 is 5.32 Å². The Bertz CT molecular complexity index is 1380. The summed E-state index contributed by atoms with van der Waals surface area (Å²) >= 11 is 6.04. The van der Waals surface area contributed by atoms with Gasteiger partial charge >= 0.3 is 5.97 Å². The highest BCUT2D eigenvalue weighted by Crippen LogP contribution is 2.68. The summed E-state index contributed by atoms with van der Waals surface area (Å²) in [5.74, 6) is 3.91. The second-order valence-electron chi connectivity index (χ2n) is 17.0. The minimum Gasteiger partial charge on any atom is -0.481 e. The average molecular weight is 696 g/mol. The second kappa shape index (κ2) is 16.6. The summed E-state index contributed by atoms with van der Waals surface area (Å²) in [7, 11) is 0. The molecule has 0 aliphatic heterocycles. The molecule has 1 aromatic carbocycles. The SMILES string of the molecule is CCN(CC)CCCC(C)Nc1ccnc2cc(Cl)ccc12.C[C@H](CCC(=O)O)[C@H]1CC[C@H]2[C@@H]3CC[C@@H]4C[C@H](O)CC[C@]4(C)[C@H]3CC[C@]12C. The van der Waals surface area contributed by atoms with Crippen LogP contribution >= 0.6 is 11.6 Å². The van der Waals surface area contributed by atoms with Crippen LogP contribution in [0.4, 0.5) is 5.69 Å². The van der Waals surface area contributed by atoms with E-state index in [1.54, 1.807) is 0 Å². The van der Waals surface area contributed by atoms with E-state index in [0.29, 0.717) is 35.1 Å². The monoisotopic (exact) mass is 695 g/mol. The minimum absolute atomic E-state index is 0.0561. The van der Waals surface area contributed by atoms with Crippen molar-refractivity contribution in [2.45, 2.75) is 137 Å². The van der Waals surface area contributed by atoms with Crippen LogP contribution in [0.15, 0.2) is 30.5 Å². The Morgan fingerprint density at radius 3 is 2.47 bits per heavy atom. The quantitative estimate of drug-likeness (QED) is 0.205. The zero-order valence-electron chi connectivity index (χ0n) is 31.4. The van der Waals surface area contributed by atoms with E-state index in [1.807, 2.05) is 30.5 Å². The Labute approximate surface area is 302 Å². The molecule has 1 aromatic heterocycles. The number of carboxylic acids is 1. The van der Waals surface area contributed by atoms with Gasteiger partial charge in [-0.05, 0) is 174 Å². The number of anilines is 1. The number of hydrogen-bond acceptors (Lipinski definition) is 5. The number of hydrogen-bond donors (Lipinski definition) is 3. The number of nitrogens with zero attached hydrogens (tertiary/aromatic N) is 2. The molecule has 4 saturated carbocycles. The normalized spacial score (nSPS) is 33.5. The third-order valence-corrected chi connectivity index (χ3v) is 14.6. The molecule has 1 unspecified atom stereocenters. The standard InChI is InChI=1S/C24H40O3.C18H26ClN3/c1-15(4-9-22(26)27)19-7-8-20-18-6-5-16-14-17(25)10-12-23(16,2)21(18)11-13-24(19,20)3;1-4-22(5-2)12-6-7-14(3)21-17-10-11-20-18-13-15(19)8-9-16(17)18/h15-21,25H,4-14H2,1-3H3,(H,26,27);8-11,13-14H,4-7,12H2,1-3H3,(H,20,21)/t15-,16-,17-,18+,19-,20+,21+,23+,24-;/m1./s1. The Morgan fingerprint density at radius 1 is 1.00 bits per heavy atom. The lowest BCUT2D eigenvalue weighted by molar-refractivity contribution is -0.138. The number of aliphatic carboxylic acids is 1. The first-order chi connectivity index (χ1) is 23.4. The largest absolute Gasteiger partial charge is 0.481 e. The molecule has 3 N–H and O–H groups in total. The van der Waals surface area contributed by atoms with Gasteiger partial charge in [0.05, 0.1) is 11.6 Å². The number of halogens is 1. The smallest absolute Gasteiger partial charge is 0.303 e. The molecule has 0 spiro atoms. The Morgan fingerprint density at radius 2 is 1.73 bits per heavy atom. The second-order valence-corrected chi connectivity index (χ2v) is 17.4. The molecular weight excluding hydrogens is 630 g/mol. The average Bonchev–Trinajstić information content (AvgIpc) is 3.43. The number of rotatable bonds is 12. The highest BCUT2D eigenvalue weighted by Gasteiger charge is 2.60. The van der Waals surface area contributed by atoms with Gasteiger partial charge in [0.25, 0.3) is 0 Å². The first kappa shape index (κ1) is 38.3. The van der Waals surface area contributed by atoms with E-state index >= 15 is 0 Å². The number of aliphatic hydroxyl groups is 1. The lowest BCUT2D eigenvalue weighted by Gasteiger charge is -2.61. The van der Waals surface area contributed by atoms with Crippen LogP contribution in [-0.2, 0) is 4.79 Å². The van der Waals surface area contributed by atoms with E-state index in [2.05, 4.69) is 56.7 Å². The molecule has 1 heterocycles. The zero-order chi connectivity index (χ0) is 35.3. The molecule has 6 nitrogen and oxygen atoms in total. The molecule has 0 bridgehead atoms. The van der Waals surface area contributed by atoms with Crippen LogP contribution in [0.1, 0.15) is 125 Å². The van der Waals surface area contributed by atoms with Crippen molar-refractivity contribution in [3.05, 3.63) is 35.5 Å². The first-order valence-corrected chi connectivity index (χ1v) is 20.2. The van der Waals surface area contributed by atoms with E-state index in [0.717, 1.165) is 84.1 Å². The third-order valence-electron chi connectivity index (χ3n) is 14.3. The predicted octanol–water partition coefficient (Wildman–Crippen LogP) is 10.3. The van der Waals surface area contributed by atoms with Crippen LogP contribution in [0.25, 0.3) is 10.9 Å². The van der Waals surface area contributed by atoms with Crippen LogP contribution in [-0.4, -0.2) is 57.8 Å². The van der Waals surface area contributed by atoms with E-state index < -0.39 is 5.97 Å². The van der Waals surface area contributed by atoms with Gasteiger partial charge in [-0.3, -0.25) is 9.78 Å². The highest BCUT2D eigenvalue weighted by molar-refractivity contribution is 6.31. The summed E-state index contributed by atoms with van der Waals surface area (Å²) in [4.78, 5) is 17.9. The maximum absolute atomic E-state index is 11.0. The Kier molecular flexibility index (Phi) is 13.0. The van der Waals surface area contributed by atoms with Gasteiger partial charge in [0.2, 0.25) is 0 Å². The Balaban J connectivity index is 0.000000196. The summed E-state index contributed by atoms with van der Waals surface area (Å²) < 4.78 is 0. The molecular formula is C42H66ClN3O3. The number of fused-ring (bicyclic) bond motifs is 6. The zero-order valence-corrected chi connectivity index (χ0v) is 32.2. The fourth-order valence-electron chi connectivity index (χ4n) is 11.5. The number of carboxylic acid groups (broad SMARTS) is 1. The van der Waals surface area contributed by atoms with Crippen LogP contribution in [0.5, 0.6) is 0 Å². The molecule has 0 saturated heterocycles. The number of pyridine rings is 1. The minimum atomic E-state index is -0.643. The molecule has 49 heavy (non-hydrogen) atoms. The fraction of sp³-hybridized carbons (Fsp3) is 0.762. The van der Waals surface area contributed by atoms with E-state index in [1.165, 1.54) is 57.9 Å². The van der Waals surface area contributed by atoms with Crippen LogP contribution in [0.2, 0.25) is 5.02 Å². The van der Waals surface area contributed by atoms with Crippen molar-refractivity contribution in [3.63, 3.8) is 0 Å². The van der Waals surface area contributed by atoms with Crippen LogP contribution in [0, 0.1) is 46.3 Å². The van der Waals surface area contributed by atoms with Crippen molar-refractivity contribution >= 4 is 34.2 Å². The summed E-state index contributed by atoms with van der Waals surface area (Å²) in [6, 6.07) is 8.35. The van der Waals surface area contributed by atoms with Gasteiger partial charge in [0.15, 0.2) is 0 Å². The molecule has 10 atom stereocenters. The van der Waals surface area contributed by atoms with Gasteiger partial charge < -0.3 is 20.4 Å². The molecule has 4 fully saturated rings. The summed E-state index contributed by atoms with van der Waals surface area (Å²) in [6.45, 7) is 17.6. The summed E-state index contributed by atoms with van der Waals surface area (Å²) in [6.07, 6.45) is 16.7. The van der Waals surface area contributed by atoms with E-state index in [4.69, 9.17) is 16.7 Å². The number of aromatic nitrogens is 1. The Hall–Kier alpha value is -1.89. The van der Waals surface area contributed by atoms with Gasteiger partial charge in [-0.1, -0.05) is 46.2 Å². The van der Waals surface area contributed by atoms with E-state index in [9.17, 15) is 9.90 Å². The van der Waals surface area contributed by atoms with Crippen molar-refractivity contribution in [1.29, 1.82) is 0 Å². The van der Waals surface area contributed by atoms with Gasteiger partial charge in [-0.2, -0.15) is 0 Å². The highest BCUT2D eigenvalue weighted by atomic mass is 35.5. The number of nitrogens with one attached hydrogen (secondary N) is 1. The van der Waals surface area contributed by atoms with Gasteiger partial charge in [0, 0.05) is 34.8 Å². The third kappa shape index (κ3) is 8.60. The molecule has 4 aliphatic carbocycles. The molecule has 0 radical (unpaired) electrons. The summed E-state index contributed by atoms with van der Waals surface area (Å²) in [5.41, 5.74) is 2.96. The van der Waals surface area contributed by atoms with Crippen molar-refractivity contribution in [1.82, 2.24) is 9.88 Å². The van der Waals surface area contributed by atoms with Crippen molar-refractivity contribution in [2.75, 3.05) is 25.0 Å². The van der Waals surface area contributed by atoms with Crippen LogP contribution in [0.3, 0.4) is 0 Å².